The van der Waals surface area contributed by atoms with Crippen molar-refractivity contribution in [1.29, 1.82) is 0 Å². The summed E-state index contributed by atoms with van der Waals surface area (Å²) in [4.78, 5) is 10.4. The van der Waals surface area contributed by atoms with Crippen molar-refractivity contribution in [1.82, 2.24) is 0 Å². The van der Waals surface area contributed by atoms with Crippen LogP contribution in [0.4, 0.5) is 0 Å². The number of amides is 1. The number of hydrogen-bond donors (Lipinski definition) is 4. The van der Waals surface area contributed by atoms with E-state index < -0.39 is 10.1 Å². The molecule has 0 rings (SSSR count). The summed E-state index contributed by atoms with van der Waals surface area (Å²) in [5.41, 5.74) is 5.00. The van der Waals surface area contributed by atoms with E-state index in [1.165, 1.54) is 6.92 Å². The van der Waals surface area contributed by atoms with Crippen LogP contribution in [0.25, 0.3) is 0 Å². The number of thiol groups is 2. The molecule has 112 valence electrons. The average molecular weight is 341 g/mol. The van der Waals surface area contributed by atoms with E-state index in [1.807, 2.05) is 0 Å². The summed E-state index contributed by atoms with van der Waals surface area (Å²) in [7, 11) is -3.66. The molecule has 19 heavy (non-hydrogen) atoms. The predicted molar refractivity (Wildman–Crippen MR) is 88.1 cm³/mol. The molecule has 0 aliphatic carbocycles. The molecule has 5 nitrogen and oxygen atoms in total. The van der Waals surface area contributed by atoms with E-state index >= 15 is 0 Å². The number of primary amides is 1. The molecule has 0 fully saturated rings. The van der Waals surface area contributed by atoms with Crippen LogP contribution in [0, 0.1) is 0 Å². The molecule has 0 aromatic heterocycles. The first-order chi connectivity index (χ1) is 8.22. The predicted octanol–water partition coefficient (Wildman–Crippen LogP) is 0.896. The van der Waals surface area contributed by atoms with E-state index in [0.29, 0.717) is 11.7 Å². The Labute approximate surface area is 149 Å². The van der Waals surface area contributed by atoms with E-state index in [0.717, 1.165) is 31.4 Å². The van der Waals surface area contributed by atoms with Crippen molar-refractivity contribution in [2.75, 3.05) is 11.5 Å². The molecular formula is C10H24NNaO4S3. The second-order valence-electron chi connectivity index (χ2n) is 3.75. The summed E-state index contributed by atoms with van der Waals surface area (Å²) in [6.07, 6.45) is 4.50. The van der Waals surface area contributed by atoms with Crippen LogP contribution in [0.5, 0.6) is 0 Å². The maximum absolute atomic E-state index is 10.4. The van der Waals surface area contributed by atoms with E-state index in [1.54, 1.807) is 0 Å². The van der Waals surface area contributed by atoms with Gasteiger partial charge < -0.3 is 5.73 Å². The average Bonchev–Trinajstić information content (AvgIpc) is 2.24. The molecule has 0 aromatic rings. The van der Waals surface area contributed by atoms with Gasteiger partial charge in [0.2, 0.25) is 5.91 Å². The molecule has 0 radical (unpaired) electrons. The summed E-state index contributed by atoms with van der Waals surface area (Å²) in [6, 6.07) is 0. The van der Waals surface area contributed by atoms with E-state index in [2.05, 4.69) is 25.3 Å². The summed E-state index contributed by atoms with van der Waals surface area (Å²) in [6.45, 7) is 1.37. The zero-order valence-corrected chi connectivity index (χ0v) is 13.2. The standard InChI is InChI=1S/C8H17NOS2.C2H6O3S.Na.H/c9-8(10)4-2-1-3-7(12)5-6-11;1-2-6(3,4)5;;/h7,11-12H,1-6H2,(H2,9,10);2H2,1H3,(H,3,4,5);;. The Hall–Kier alpha value is 1.08. The van der Waals surface area contributed by atoms with Gasteiger partial charge in [-0.05, 0) is 31.9 Å². The Balaban J connectivity index is -0.000000313. The van der Waals surface area contributed by atoms with Crippen molar-refractivity contribution in [3.8, 4) is 0 Å². The van der Waals surface area contributed by atoms with Crippen LogP contribution in [-0.2, 0) is 14.9 Å². The van der Waals surface area contributed by atoms with Crippen LogP contribution < -0.4 is 5.73 Å². The minimum absolute atomic E-state index is 0. The summed E-state index contributed by atoms with van der Waals surface area (Å²) < 4.78 is 26.9. The normalized spacial score (nSPS) is 11.8. The van der Waals surface area contributed by atoms with Gasteiger partial charge in [0.1, 0.15) is 0 Å². The van der Waals surface area contributed by atoms with Gasteiger partial charge in [0.15, 0.2) is 0 Å². The maximum atomic E-state index is 10.4. The Kier molecular flexibility index (Phi) is 20.4. The monoisotopic (exact) mass is 341 g/mol. The fourth-order valence-corrected chi connectivity index (χ4v) is 1.80. The third-order valence-corrected chi connectivity index (χ3v) is 3.54. The van der Waals surface area contributed by atoms with Crippen molar-refractivity contribution in [2.45, 2.75) is 44.3 Å². The van der Waals surface area contributed by atoms with Crippen LogP contribution in [-0.4, -0.2) is 65.2 Å². The van der Waals surface area contributed by atoms with Crippen LogP contribution in [0.3, 0.4) is 0 Å². The molecule has 1 unspecified atom stereocenters. The first kappa shape index (κ1) is 25.1. The third kappa shape index (κ3) is 28.1. The van der Waals surface area contributed by atoms with Gasteiger partial charge in [-0.1, -0.05) is 6.42 Å². The van der Waals surface area contributed by atoms with Gasteiger partial charge in [0.05, 0.1) is 5.75 Å². The van der Waals surface area contributed by atoms with Crippen molar-refractivity contribution in [3.05, 3.63) is 0 Å². The van der Waals surface area contributed by atoms with Crippen LogP contribution >= 0.6 is 25.3 Å². The summed E-state index contributed by atoms with van der Waals surface area (Å²) in [5, 5.41) is 0.426. The quantitative estimate of drug-likeness (QED) is 0.228. The molecular weight excluding hydrogens is 317 g/mol. The second kappa shape index (κ2) is 15.5. The molecule has 0 saturated carbocycles. The van der Waals surface area contributed by atoms with Gasteiger partial charge >= 0.3 is 29.6 Å². The second-order valence-corrected chi connectivity index (χ2v) is 6.67. The fourth-order valence-electron chi connectivity index (χ4n) is 0.973. The van der Waals surface area contributed by atoms with Gasteiger partial charge in [-0.25, -0.2) is 0 Å². The van der Waals surface area contributed by atoms with E-state index in [-0.39, 0.29) is 41.2 Å². The number of unbranched alkanes of at least 4 members (excludes halogenated alkanes) is 1. The minimum atomic E-state index is -3.66. The first-order valence-corrected chi connectivity index (χ1v) is 8.51. The van der Waals surface area contributed by atoms with Gasteiger partial charge in [-0.15, -0.1) is 0 Å². The first-order valence-electron chi connectivity index (χ1n) is 5.75. The molecule has 0 heterocycles. The third-order valence-electron chi connectivity index (χ3n) is 2.04. The van der Waals surface area contributed by atoms with Gasteiger partial charge in [-0.2, -0.15) is 33.7 Å². The van der Waals surface area contributed by atoms with E-state index in [4.69, 9.17) is 10.3 Å². The summed E-state index contributed by atoms with van der Waals surface area (Å²) >= 11 is 8.48. The molecule has 0 aliphatic rings. The number of carbonyl (C=O) groups is 1. The Morgan fingerprint density at radius 1 is 1.32 bits per heavy atom. The number of nitrogens with two attached hydrogens (primary N) is 1. The molecule has 0 saturated heterocycles. The molecule has 9 heteroatoms. The molecule has 1 amide bonds. The van der Waals surface area contributed by atoms with Crippen molar-refractivity contribution < 1.29 is 17.8 Å². The molecule has 1 atom stereocenters. The van der Waals surface area contributed by atoms with Gasteiger partial charge in [-0.3, -0.25) is 9.35 Å². The van der Waals surface area contributed by atoms with Crippen molar-refractivity contribution in [2.24, 2.45) is 5.73 Å². The Morgan fingerprint density at radius 3 is 2.11 bits per heavy atom. The van der Waals surface area contributed by atoms with Crippen LogP contribution in [0.2, 0.25) is 0 Å². The number of hydrogen-bond acceptors (Lipinski definition) is 5. The van der Waals surface area contributed by atoms with Gasteiger partial charge in [0.25, 0.3) is 10.1 Å². The van der Waals surface area contributed by atoms with Crippen LogP contribution in [0.1, 0.15) is 39.0 Å². The molecule has 0 aromatic carbocycles. The topological polar surface area (TPSA) is 97.5 Å². The zero-order chi connectivity index (χ0) is 14.6. The SMILES string of the molecule is CCS(=O)(=O)O.NC(=O)CCCCC(S)CCS.[NaH]. The van der Waals surface area contributed by atoms with Crippen LogP contribution in [0.15, 0.2) is 0 Å². The zero-order valence-electron chi connectivity index (χ0n) is 10.6. The van der Waals surface area contributed by atoms with Crippen molar-refractivity contribution >= 4 is 70.8 Å². The Bertz CT molecular complexity index is 312. The Morgan fingerprint density at radius 2 is 1.79 bits per heavy atom. The van der Waals surface area contributed by atoms with Gasteiger partial charge in [0, 0.05) is 11.7 Å². The van der Waals surface area contributed by atoms with E-state index in [9.17, 15) is 13.2 Å². The fraction of sp³-hybridized carbons (Fsp3) is 0.900. The molecule has 3 N–H and O–H groups in total. The molecule has 0 bridgehead atoms. The number of rotatable bonds is 8. The summed E-state index contributed by atoms with van der Waals surface area (Å²) in [5.74, 6) is 0.469. The molecule has 0 aliphatic heterocycles. The van der Waals surface area contributed by atoms with Crippen molar-refractivity contribution in [3.63, 3.8) is 0 Å². The number of carbonyl (C=O) groups excluding carboxylic acids is 1. The molecule has 0 spiro atoms.